The van der Waals surface area contributed by atoms with Gasteiger partial charge >= 0.3 is 12.2 Å². The molecule has 14 heteroatoms. The van der Waals surface area contributed by atoms with Crippen LogP contribution in [0.15, 0.2) is 18.2 Å². The molecule has 2 unspecified atom stereocenters. The second-order valence-corrected chi connectivity index (χ2v) is 10.7. The molecule has 0 aliphatic carbocycles. The Labute approximate surface area is 200 Å². The van der Waals surface area contributed by atoms with Gasteiger partial charge in [-0.05, 0) is 31.0 Å². The van der Waals surface area contributed by atoms with Crippen LogP contribution < -0.4 is 16.4 Å². The zero-order valence-corrected chi connectivity index (χ0v) is 19.9. The second-order valence-electron chi connectivity index (χ2n) is 7.86. The lowest BCUT2D eigenvalue weighted by Crippen LogP contribution is -2.56. The summed E-state index contributed by atoms with van der Waals surface area (Å²) in [6.07, 6.45) is -3.72. The minimum Gasteiger partial charge on any atom is -0.352 e. The largest absolute Gasteiger partial charge is 0.416 e. The molecule has 34 heavy (non-hydrogen) atoms. The van der Waals surface area contributed by atoms with Crippen LogP contribution >= 0.6 is 11.6 Å². The van der Waals surface area contributed by atoms with Crippen molar-refractivity contribution >= 4 is 39.3 Å². The molecule has 1 aromatic rings. The van der Waals surface area contributed by atoms with Gasteiger partial charge in [-0.3, -0.25) is 9.59 Å². The lowest BCUT2D eigenvalue weighted by Gasteiger charge is -2.35. The van der Waals surface area contributed by atoms with E-state index in [0.717, 1.165) is 12.1 Å². The van der Waals surface area contributed by atoms with Crippen LogP contribution in [0.5, 0.6) is 0 Å². The summed E-state index contributed by atoms with van der Waals surface area (Å²) in [5.41, 5.74) is 3.94. The molecule has 1 aliphatic heterocycles. The summed E-state index contributed by atoms with van der Waals surface area (Å²) in [5, 5.41) is 3.46. The van der Waals surface area contributed by atoms with E-state index in [1.54, 1.807) is 0 Å². The van der Waals surface area contributed by atoms with E-state index in [4.69, 9.17) is 17.3 Å². The number of alkyl halides is 3. The minimum absolute atomic E-state index is 0.0300. The Kier molecular flexibility index (Phi) is 9.17. The summed E-state index contributed by atoms with van der Waals surface area (Å²) in [7, 11) is -3.55. The number of carbonyl (C=O) groups excluding carboxylic acids is 3. The van der Waals surface area contributed by atoms with Crippen LogP contribution in [0.3, 0.4) is 0 Å². The Balaban J connectivity index is 2.01. The van der Waals surface area contributed by atoms with Gasteiger partial charge in [0.05, 0.1) is 27.2 Å². The molecule has 1 fully saturated rings. The predicted molar refractivity (Wildman–Crippen MR) is 119 cm³/mol. The van der Waals surface area contributed by atoms with Crippen molar-refractivity contribution in [3.63, 3.8) is 0 Å². The molecule has 1 heterocycles. The fourth-order valence-electron chi connectivity index (χ4n) is 3.58. The van der Waals surface area contributed by atoms with Crippen molar-refractivity contribution < 1.29 is 36.0 Å². The topological polar surface area (TPSA) is 139 Å². The average Bonchev–Trinajstić information content (AvgIpc) is 2.72. The zero-order valence-electron chi connectivity index (χ0n) is 18.3. The number of benzene rings is 1. The number of carbonyl (C=O) groups is 3. The standard InChI is InChI=1S/C20H26ClF3N4O5S/c1-2-3-16(27-19(25)31)18(30)28-8-9-34(32,33)13(11-28)6-7-26-17(29)14-5-4-12(10-15(14)21)20(22,23)24/h4-5,10,13,16H,2-3,6-9,11H2,1H3,(H,26,29)(H3,25,27,31). The van der Waals surface area contributed by atoms with E-state index < -0.39 is 55.7 Å². The van der Waals surface area contributed by atoms with Crippen molar-refractivity contribution in [2.45, 2.75) is 43.7 Å². The lowest BCUT2D eigenvalue weighted by atomic mass is 10.1. The highest BCUT2D eigenvalue weighted by atomic mass is 35.5. The van der Waals surface area contributed by atoms with Crippen LogP contribution in [-0.2, 0) is 20.8 Å². The summed E-state index contributed by atoms with van der Waals surface area (Å²) in [6.45, 7) is 1.54. The molecule has 4 N–H and O–H groups in total. The fourth-order valence-corrected chi connectivity index (χ4v) is 5.54. The highest BCUT2D eigenvalue weighted by Crippen LogP contribution is 2.32. The van der Waals surface area contributed by atoms with E-state index in [-0.39, 0.29) is 37.4 Å². The van der Waals surface area contributed by atoms with Crippen LogP contribution in [0.4, 0.5) is 18.0 Å². The van der Waals surface area contributed by atoms with E-state index in [1.807, 2.05) is 6.92 Å². The van der Waals surface area contributed by atoms with Crippen molar-refractivity contribution in [1.29, 1.82) is 0 Å². The number of hydrogen-bond donors (Lipinski definition) is 3. The van der Waals surface area contributed by atoms with Crippen molar-refractivity contribution in [3.8, 4) is 0 Å². The second kappa shape index (κ2) is 11.3. The van der Waals surface area contributed by atoms with Crippen LogP contribution in [0.2, 0.25) is 5.02 Å². The number of nitrogens with two attached hydrogens (primary N) is 1. The highest BCUT2D eigenvalue weighted by molar-refractivity contribution is 7.92. The van der Waals surface area contributed by atoms with Gasteiger partial charge in [-0.2, -0.15) is 13.2 Å². The van der Waals surface area contributed by atoms with Gasteiger partial charge < -0.3 is 21.3 Å². The third-order valence-corrected chi connectivity index (χ3v) is 7.84. The number of nitrogens with one attached hydrogen (secondary N) is 2. The molecule has 0 bridgehead atoms. The van der Waals surface area contributed by atoms with E-state index in [0.29, 0.717) is 18.9 Å². The van der Waals surface area contributed by atoms with Crippen molar-refractivity contribution in [2.75, 3.05) is 25.4 Å². The third-order valence-electron chi connectivity index (χ3n) is 5.37. The van der Waals surface area contributed by atoms with Gasteiger partial charge in [0.1, 0.15) is 6.04 Å². The molecule has 1 saturated heterocycles. The maximum atomic E-state index is 12.8. The van der Waals surface area contributed by atoms with Crippen LogP contribution in [0, 0.1) is 0 Å². The molecule has 1 aromatic carbocycles. The molecule has 2 atom stereocenters. The first kappa shape index (κ1) is 27.7. The third kappa shape index (κ3) is 7.23. The van der Waals surface area contributed by atoms with Gasteiger partial charge in [-0.15, -0.1) is 0 Å². The number of primary amides is 1. The molecule has 1 aliphatic rings. The van der Waals surface area contributed by atoms with E-state index in [1.165, 1.54) is 4.90 Å². The molecule has 0 radical (unpaired) electrons. The van der Waals surface area contributed by atoms with Gasteiger partial charge in [0, 0.05) is 19.6 Å². The maximum absolute atomic E-state index is 12.8. The predicted octanol–water partition coefficient (Wildman–Crippen LogP) is 1.94. The van der Waals surface area contributed by atoms with Crippen molar-refractivity contribution in [3.05, 3.63) is 34.3 Å². The molecule has 0 aromatic heterocycles. The first-order valence-electron chi connectivity index (χ1n) is 10.5. The molecule has 0 spiro atoms. The Morgan fingerprint density at radius 2 is 1.97 bits per heavy atom. The summed E-state index contributed by atoms with van der Waals surface area (Å²) in [6, 6.07) is 0.571. The van der Waals surface area contributed by atoms with Gasteiger partial charge in [0.25, 0.3) is 5.91 Å². The Bertz CT molecular complexity index is 1040. The number of nitrogens with zero attached hydrogens (tertiary/aromatic N) is 1. The first-order chi connectivity index (χ1) is 15.8. The number of halogens is 4. The summed E-state index contributed by atoms with van der Waals surface area (Å²) < 4.78 is 63.2. The SMILES string of the molecule is CCCC(NC(N)=O)C(=O)N1CCS(=O)(=O)C(CCNC(=O)c2ccc(C(F)(F)F)cc2Cl)C1. The minimum atomic E-state index is -4.61. The number of urea groups is 1. The quantitative estimate of drug-likeness (QED) is 0.475. The van der Waals surface area contributed by atoms with E-state index in [9.17, 15) is 36.0 Å². The maximum Gasteiger partial charge on any atom is 0.416 e. The summed E-state index contributed by atoms with van der Waals surface area (Å²) in [4.78, 5) is 37.6. The lowest BCUT2D eigenvalue weighted by molar-refractivity contribution is -0.137. The molecule has 0 saturated carbocycles. The Morgan fingerprint density at radius 1 is 1.29 bits per heavy atom. The van der Waals surface area contributed by atoms with Gasteiger partial charge in [-0.1, -0.05) is 24.9 Å². The highest BCUT2D eigenvalue weighted by Gasteiger charge is 2.37. The summed E-state index contributed by atoms with van der Waals surface area (Å²) in [5.74, 6) is -1.48. The van der Waals surface area contributed by atoms with E-state index in [2.05, 4.69) is 10.6 Å². The Hall–Kier alpha value is -2.54. The monoisotopic (exact) mass is 526 g/mol. The fraction of sp³-hybridized carbons (Fsp3) is 0.550. The van der Waals surface area contributed by atoms with E-state index >= 15 is 0 Å². The number of rotatable bonds is 8. The molecule has 2 rings (SSSR count). The van der Waals surface area contributed by atoms with Gasteiger partial charge in [0.15, 0.2) is 9.84 Å². The zero-order chi connectivity index (χ0) is 25.7. The molecular weight excluding hydrogens is 501 g/mol. The Morgan fingerprint density at radius 3 is 2.53 bits per heavy atom. The van der Waals surface area contributed by atoms with Gasteiger partial charge in [0.2, 0.25) is 5.91 Å². The van der Waals surface area contributed by atoms with Gasteiger partial charge in [-0.25, -0.2) is 13.2 Å². The van der Waals surface area contributed by atoms with Crippen LogP contribution in [0.1, 0.15) is 42.1 Å². The number of hydrogen-bond acceptors (Lipinski definition) is 5. The van der Waals surface area contributed by atoms with Crippen molar-refractivity contribution in [2.24, 2.45) is 5.73 Å². The normalized spacial score (nSPS) is 18.7. The smallest absolute Gasteiger partial charge is 0.352 e. The average molecular weight is 527 g/mol. The number of sulfone groups is 1. The van der Waals surface area contributed by atoms with Crippen LogP contribution in [0.25, 0.3) is 0 Å². The molecular formula is C20H26ClF3N4O5S. The molecule has 4 amide bonds. The summed E-state index contributed by atoms with van der Waals surface area (Å²) >= 11 is 5.81. The van der Waals surface area contributed by atoms with Crippen LogP contribution in [-0.4, -0.2) is 67.8 Å². The molecule has 190 valence electrons. The first-order valence-corrected chi connectivity index (χ1v) is 12.6. The van der Waals surface area contributed by atoms with Crippen molar-refractivity contribution in [1.82, 2.24) is 15.5 Å². The number of amides is 4. The molecule has 9 nitrogen and oxygen atoms in total.